The first kappa shape index (κ1) is 16.8. The van der Waals surface area contributed by atoms with Crippen LogP contribution >= 0.6 is 0 Å². The van der Waals surface area contributed by atoms with E-state index in [1.165, 1.54) is 0 Å². The third-order valence-electron chi connectivity index (χ3n) is 4.63. The molecule has 0 aliphatic carbocycles. The molecule has 2 heterocycles. The summed E-state index contributed by atoms with van der Waals surface area (Å²) in [6, 6.07) is 13.2. The molecule has 1 atom stereocenters. The van der Waals surface area contributed by atoms with Crippen molar-refractivity contribution in [2.75, 3.05) is 13.1 Å². The molecule has 0 bridgehead atoms. The first-order chi connectivity index (χ1) is 12.6. The molecule has 0 radical (unpaired) electrons. The molecule has 1 fully saturated rings. The number of tetrazole rings is 1. The van der Waals surface area contributed by atoms with Crippen LogP contribution in [0.15, 0.2) is 47.4 Å². The predicted molar refractivity (Wildman–Crippen MR) is 96.7 cm³/mol. The van der Waals surface area contributed by atoms with Crippen molar-refractivity contribution in [3.05, 3.63) is 48.0 Å². The molecule has 0 saturated carbocycles. The molecule has 2 aromatic carbocycles. The lowest BCUT2D eigenvalue weighted by atomic mass is 9.91. The first-order valence-corrected chi connectivity index (χ1v) is 9.80. The quantitative estimate of drug-likeness (QED) is 0.634. The number of rotatable bonds is 4. The van der Waals surface area contributed by atoms with Gasteiger partial charge in [0.2, 0.25) is 15.8 Å². The Kier molecular flexibility index (Phi) is 4.27. The Morgan fingerprint density at radius 2 is 1.92 bits per heavy atom. The van der Waals surface area contributed by atoms with Crippen molar-refractivity contribution in [2.45, 2.75) is 17.2 Å². The summed E-state index contributed by atoms with van der Waals surface area (Å²) in [5.74, 6) is 0.277. The summed E-state index contributed by atoms with van der Waals surface area (Å²) in [5.41, 5.74) is 2.63. The van der Waals surface area contributed by atoms with Gasteiger partial charge in [0.25, 0.3) is 0 Å². The number of nitrogens with one attached hydrogen (secondary N) is 2. The van der Waals surface area contributed by atoms with Crippen LogP contribution in [0.5, 0.6) is 0 Å². The minimum absolute atomic E-state index is 0.0683. The number of benzene rings is 2. The molecule has 9 heteroatoms. The van der Waals surface area contributed by atoms with Crippen molar-refractivity contribution >= 4 is 10.0 Å². The minimum atomic E-state index is -4.01. The smallest absolute Gasteiger partial charge is 0.239 e. The fourth-order valence-corrected chi connectivity index (χ4v) is 4.54. The fraction of sp³-hybridized carbons (Fsp3) is 0.235. The van der Waals surface area contributed by atoms with Gasteiger partial charge in [-0.1, -0.05) is 42.5 Å². The number of H-pyrrole nitrogens is 1. The van der Waals surface area contributed by atoms with Crippen molar-refractivity contribution in [1.29, 1.82) is 0 Å². The van der Waals surface area contributed by atoms with Gasteiger partial charge in [-0.15, -0.1) is 10.2 Å². The first-order valence-electron chi connectivity index (χ1n) is 8.25. The van der Waals surface area contributed by atoms with Gasteiger partial charge in [-0.3, -0.25) is 0 Å². The highest BCUT2D eigenvalue weighted by Crippen LogP contribution is 2.40. The number of aromatic nitrogens is 4. The van der Waals surface area contributed by atoms with E-state index in [2.05, 4.69) is 25.9 Å². The third kappa shape index (κ3) is 3.00. The maximum Gasteiger partial charge on any atom is 0.239 e. The molecule has 1 aliphatic heterocycles. The van der Waals surface area contributed by atoms with Gasteiger partial charge in [-0.2, -0.15) is 5.21 Å². The molecule has 4 N–H and O–H groups in total. The molecule has 0 amide bonds. The molecular weight excluding hydrogens is 352 g/mol. The molecule has 1 aliphatic rings. The number of hydrogen-bond donors (Lipinski definition) is 3. The van der Waals surface area contributed by atoms with Gasteiger partial charge >= 0.3 is 0 Å². The number of sulfonamides is 1. The van der Waals surface area contributed by atoms with Crippen LogP contribution in [-0.2, 0) is 10.0 Å². The summed E-state index contributed by atoms with van der Waals surface area (Å²) in [7, 11) is -4.01. The second kappa shape index (κ2) is 6.60. The van der Waals surface area contributed by atoms with E-state index >= 15 is 0 Å². The zero-order chi connectivity index (χ0) is 18.1. The van der Waals surface area contributed by atoms with Crippen molar-refractivity contribution in [3.8, 4) is 22.5 Å². The van der Waals surface area contributed by atoms with Gasteiger partial charge in [-0.05, 0) is 40.8 Å². The summed E-state index contributed by atoms with van der Waals surface area (Å²) >= 11 is 0. The molecule has 134 valence electrons. The van der Waals surface area contributed by atoms with Crippen molar-refractivity contribution in [1.82, 2.24) is 25.9 Å². The normalized spacial score (nSPS) is 17.5. The highest BCUT2D eigenvalue weighted by Gasteiger charge is 2.30. The Bertz CT molecular complexity index is 1010. The lowest BCUT2D eigenvalue weighted by molar-refractivity contribution is 0.595. The largest absolute Gasteiger partial charge is 0.316 e. The minimum Gasteiger partial charge on any atom is -0.316 e. The van der Waals surface area contributed by atoms with Crippen LogP contribution < -0.4 is 10.5 Å². The van der Waals surface area contributed by atoms with Gasteiger partial charge in [0.15, 0.2) is 0 Å². The molecule has 1 saturated heterocycles. The Labute approximate surface area is 150 Å². The van der Waals surface area contributed by atoms with Gasteiger partial charge < -0.3 is 5.32 Å². The number of nitrogens with zero attached hydrogens (tertiary/aromatic N) is 3. The fourth-order valence-electron chi connectivity index (χ4n) is 3.49. The van der Waals surface area contributed by atoms with Gasteiger partial charge in [-0.25, -0.2) is 13.6 Å². The van der Waals surface area contributed by atoms with Crippen molar-refractivity contribution in [3.63, 3.8) is 0 Å². The van der Waals surface area contributed by atoms with Crippen LogP contribution in [0.1, 0.15) is 17.9 Å². The third-order valence-corrected chi connectivity index (χ3v) is 5.64. The second-order valence-electron chi connectivity index (χ2n) is 6.24. The summed E-state index contributed by atoms with van der Waals surface area (Å²) in [5, 5.41) is 23.0. The van der Waals surface area contributed by atoms with Crippen LogP contribution in [0.3, 0.4) is 0 Å². The number of primary sulfonamides is 1. The maximum absolute atomic E-state index is 12.6. The maximum atomic E-state index is 12.6. The molecular formula is C17H18N6O2S. The summed E-state index contributed by atoms with van der Waals surface area (Å²) in [6.45, 7) is 1.55. The SMILES string of the molecule is NS(=O)(=O)c1c(C2CCNC2)ccc(-c2ccccc2)c1-c1nn[nH]n1. The Balaban J connectivity index is 2.06. The number of nitrogens with two attached hydrogens (primary N) is 1. The highest BCUT2D eigenvalue weighted by atomic mass is 32.2. The summed E-state index contributed by atoms with van der Waals surface area (Å²) in [6.07, 6.45) is 0.846. The van der Waals surface area contributed by atoms with Crippen LogP contribution in [0, 0.1) is 0 Å². The van der Waals surface area contributed by atoms with E-state index in [1.54, 1.807) is 0 Å². The van der Waals surface area contributed by atoms with E-state index in [-0.39, 0.29) is 16.6 Å². The predicted octanol–water partition coefficient (Wildman–Crippen LogP) is 1.26. The van der Waals surface area contributed by atoms with E-state index in [0.717, 1.165) is 18.5 Å². The van der Waals surface area contributed by atoms with E-state index in [9.17, 15) is 8.42 Å². The molecule has 1 aromatic heterocycles. The molecule has 3 aromatic rings. The Morgan fingerprint density at radius 1 is 1.12 bits per heavy atom. The zero-order valence-corrected chi connectivity index (χ0v) is 14.7. The lowest BCUT2D eigenvalue weighted by Crippen LogP contribution is -2.19. The van der Waals surface area contributed by atoms with Crippen LogP contribution in [-0.4, -0.2) is 42.1 Å². The van der Waals surface area contributed by atoms with E-state index in [1.807, 2.05) is 42.5 Å². The van der Waals surface area contributed by atoms with Crippen LogP contribution in [0.25, 0.3) is 22.5 Å². The van der Waals surface area contributed by atoms with E-state index in [0.29, 0.717) is 23.2 Å². The van der Waals surface area contributed by atoms with Crippen molar-refractivity contribution in [2.24, 2.45) is 5.14 Å². The van der Waals surface area contributed by atoms with Crippen LogP contribution in [0.4, 0.5) is 0 Å². The average molecular weight is 370 g/mol. The molecule has 0 spiro atoms. The molecule has 26 heavy (non-hydrogen) atoms. The van der Waals surface area contributed by atoms with Gasteiger partial charge in [0, 0.05) is 6.54 Å². The highest BCUT2D eigenvalue weighted by molar-refractivity contribution is 7.89. The van der Waals surface area contributed by atoms with Crippen LogP contribution in [0.2, 0.25) is 0 Å². The molecule has 4 rings (SSSR count). The Morgan fingerprint density at radius 3 is 2.54 bits per heavy atom. The van der Waals surface area contributed by atoms with E-state index < -0.39 is 10.0 Å². The standard InChI is InChI=1S/C17H18N6O2S/c18-26(24,25)16-14(12-8-9-19-10-12)7-6-13(11-4-2-1-3-5-11)15(16)17-20-22-23-21-17/h1-7,12,19H,8-10H2,(H2,18,24,25)(H,20,21,22,23). The molecule has 8 nitrogen and oxygen atoms in total. The lowest BCUT2D eigenvalue weighted by Gasteiger charge is -2.19. The summed E-state index contributed by atoms with van der Waals surface area (Å²) < 4.78 is 25.2. The number of hydrogen-bond acceptors (Lipinski definition) is 6. The van der Waals surface area contributed by atoms with Gasteiger partial charge in [0.05, 0.1) is 10.5 Å². The average Bonchev–Trinajstić information content (AvgIpc) is 3.34. The second-order valence-corrected chi connectivity index (χ2v) is 7.74. The monoisotopic (exact) mass is 370 g/mol. The number of aromatic amines is 1. The van der Waals surface area contributed by atoms with Crippen molar-refractivity contribution < 1.29 is 8.42 Å². The molecule has 1 unspecified atom stereocenters. The topological polar surface area (TPSA) is 127 Å². The summed E-state index contributed by atoms with van der Waals surface area (Å²) in [4.78, 5) is 0.0777. The Hall–Kier alpha value is -2.62. The zero-order valence-electron chi connectivity index (χ0n) is 13.9. The van der Waals surface area contributed by atoms with Gasteiger partial charge in [0.1, 0.15) is 0 Å². The van der Waals surface area contributed by atoms with E-state index in [4.69, 9.17) is 5.14 Å².